The van der Waals surface area contributed by atoms with Crippen molar-refractivity contribution in [2.75, 3.05) is 6.54 Å². The molecule has 134 valence electrons. The molecule has 6 nitrogen and oxygen atoms in total. The standard InChI is InChI=1S/C19H18ClN3O3/c1-19(14-7-3-2-4-8-14)17(25)23(18(26)22-19)12-16(24)21-11-13-6-5-9-15(20)10-13/h2-10H,11-12H2,1H3,(H,21,24)(H,22,26)/t19-/m0/s1. The highest BCUT2D eigenvalue weighted by molar-refractivity contribution is 6.30. The van der Waals surface area contributed by atoms with E-state index < -0.39 is 23.4 Å². The number of benzene rings is 2. The van der Waals surface area contributed by atoms with E-state index in [2.05, 4.69) is 10.6 Å². The molecule has 0 bridgehead atoms. The van der Waals surface area contributed by atoms with Gasteiger partial charge in [-0.05, 0) is 30.2 Å². The highest BCUT2D eigenvalue weighted by Gasteiger charge is 2.49. The minimum absolute atomic E-state index is 0.263. The first-order chi connectivity index (χ1) is 12.4. The number of nitrogens with zero attached hydrogens (tertiary/aromatic N) is 1. The van der Waals surface area contributed by atoms with Gasteiger partial charge < -0.3 is 10.6 Å². The van der Waals surface area contributed by atoms with Gasteiger partial charge in [0.1, 0.15) is 12.1 Å². The molecule has 2 aromatic carbocycles. The Labute approximate surface area is 156 Å². The summed E-state index contributed by atoms with van der Waals surface area (Å²) >= 11 is 5.91. The minimum Gasteiger partial charge on any atom is -0.350 e. The van der Waals surface area contributed by atoms with Crippen LogP contribution in [0.25, 0.3) is 0 Å². The van der Waals surface area contributed by atoms with Gasteiger partial charge in [0.25, 0.3) is 5.91 Å². The molecule has 1 aliphatic rings. The average molecular weight is 372 g/mol. The number of urea groups is 1. The molecule has 1 saturated heterocycles. The third-order valence-corrected chi connectivity index (χ3v) is 4.54. The molecule has 26 heavy (non-hydrogen) atoms. The van der Waals surface area contributed by atoms with Gasteiger partial charge in [-0.3, -0.25) is 14.5 Å². The summed E-state index contributed by atoms with van der Waals surface area (Å²) in [7, 11) is 0. The molecule has 1 atom stereocenters. The second kappa shape index (κ2) is 7.17. The van der Waals surface area contributed by atoms with Crippen LogP contribution < -0.4 is 10.6 Å². The van der Waals surface area contributed by atoms with Crippen LogP contribution in [0.3, 0.4) is 0 Å². The van der Waals surface area contributed by atoms with Crippen LogP contribution in [0.4, 0.5) is 4.79 Å². The van der Waals surface area contributed by atoms with Crippen molar-refractivity contribution < 1.29 is 14.4 Å². The SMILES string of the molecule is C[C@@]1(c2ccccc2)NC(=O)N(CC(=O)NCc2cccc(Cl)c2)C1=O. The van der Waals surface area contributed by atoms with Crippen molar-refractivity contribution >= 4 is 29.4 Å². The first-order valence-electron chi connectivity index (χ1n) is 8.11. The number of rotatable bonds is 5. The Morgan fingerprint density at radius 1 is 1.15 bits per heavy atom. The summed E-state index contributed by atoms with van der Waals surface area (Å²) in [5, 5.41) is 5.94. The van der Waals surface area contributed by atoms with E-state index in [0.29, 0.717) is 10.6 Å². The summed E-state index contributed by atoms with van der Waals surface area (Å²) < 4.78 is 0. The van der Waals surface area contributed by atoms with Crippen LogP contribution in [-0.4, -0.2) is 29.3 Å². The molecule has 0 aliphatic carbocycles. The van der Waals surface area contributed by atoms with Crippen LogP contribution in [-0.2, 0) is 21.7 Å². The highest BCUT2D eigenvalue weighted by Crippen LogP contribution is 2.28. The summed E-state index contributed by atoms with van der Waals surface area (Å²) in [4.78, 5) is 38.1. The van der Waals surface area contributed by atoms with Gasteiger partial charge in [0.15, 0.2) is 0 Å². The van der Waals surface area contributed by atoms with E-state index in [1.165, 1.54) is 0 Å². The van der Waals surface area contributed by atoms with E-state index in [0.717, 1.165) is 10.5 Å². The van der Waals surface area contributed by atoms with Gasteiger partial charge in [-0.25, -0.2) is 4.79 Å². The van der Waals surface area contributed by atoms with Crippen LogP contribution in [0.15, 0.2) is 54.6 Å². The molecule has 7 heteroatoms. The van der Waals surface area contributed by atoms with E-state index in [1.807, 2.05) is 12.1 Å². The number of amides is 4. The van der Waals surface area contributed by atoms with Crippen molar-refractivity contribution in [3.05, 3.63) is 70.7 Å². The molecule has 4 amide bonds. The maximum absolute atomic E-state index is 12.7. The molecule has 0 radical (unpaired) electrons. The van der Waals surface area contributed by atoms with Crippen LogP contribution in [0.1, 0.15) is 18.1 Å². The summed E-state index contributed by atoms with van der Waals surface area (Å²) in [6, 6.07) is 15.4. The molecule has 0 saturated carbocycles. The smallest absolute Gasteiger partial charge is 0.325 e. The average Bonchev–Trinajstić information content (AvgIpc) is 2.85. The molecule has 3 rings (SSSR count). The Morgan fingerprint density at radius 2 is 1.88 bits per heavy atom. The number of carbonyl (C=O) groups is 3. The lowest BCUT2D eigenvalue weighted by atomic mass is 9.92. The largest absolute Gasteiger partial charge is 0.350 e. The Balaban J connectivity index is 1.65. The molecule has 0 unspecified atom stereocenters. The van der Waals surface area contributed by atoms with Crippen molar-refractivity contribution in [2.45, 2.75) is 19.0 Å². The number of nitrogens with one attached hydrogen (secondary N) is 2. The van der Waals surface area contributed by atoms with Crippen LogP contribution in [0.2, 0.25) is 5.02 Å². The van der Waals surface area contributed by atoms with Crippen molar-refractivity contribution in [1.82, 2.24) is 15.5 Å². The molecule has 1 fully saturated rings. The van der Waals surface area contributed by atoms with E-state index >= 15 is 0 Å². The van der Waals surface area contributed by atoms with Gasteiger partial charge in [-0.15, -0.1) is 0 Å². The zero-order valence-corrected chi connectivity index (χ0v) is 14.9. The molecule has 0 spiro atoms. The Morgan fingerprint density at radius 3 is 2.58 bits per heavy atom. The Hall–Kier alpha value is -2.86. The summed E-state index contributed by atoms with van der Waals surface area (Å²) in [6.45, 7) is 1.55. The molecule has 2 aromatic rings. The zero-order chi connectivity index (χ0) is 18.7. The lowest BCUT2D eigenvalue weighted by Crippen LogP contribution is -2.43. The molecule has 2 N–H and O–H groups in total. The van der Waals surface area contributed by atoms with E-state index in [-0.39, 0.29) is 13.1 Å². The fourth-order valence-electron chi connectivity index (χ4n) is 2.85. The van der Waals surface area contributed by atoms with E-state index in [4.69, 9.17) is 11.6 Å². The van der Waals surface area contributed by atoms with Crippen LogP contribution >= 0.6 is 11.6 Å². The van der Waals surface area contributed by atoms with Gasteiger partial charge >= 0.3 is 6.03 Å². The van der Waals surface area contributed by atoms with Crippen molar-refractivity contribution in [2.24, 2.45) is 0 Å². The second-order valence-corrected chi connectivity index (χ2v) is 6.66. The highest BCUT2D eigenvalue weighted by atomic mass is 35.5. The first kappa shape index (κ1) is 17.9. The lowest BCUT2D eigenvalue weighted by Gasteiger charge is -2.22. The van der Waals surface area contributed by atoms with Gasteiger partial charge in [-0.2, -0.15) is 0 Å². The van der Waals surface area contributed by atoms with Crippen molar-refractivity contribution in [3.8, 4) is 0 Å². The second-order valence-electron chi connectivity index (χ2n) is 6.22. The maximum atomic E-state index is 12.7. The van der Waals surface area contributed by atoms with Crippen LogP contribution in [0, 0.1) is 0 Å². The monoisotopic (exact) mass is 371 g/mol. The van der Waals surface area contributed by atoms with Gasteiger partial charge in [0, 0.05) is 11.6 Å². The van der Waals surface area contributed by atoms with Gasteiger partial charge in [-0.1, -0.05) is 54.1 Å². The summed E-state index contributed by atoms with van der Waals surface area (Å²) in [5.74, 6) is -0.877. The fraction of sp³-hybridized carbons (Fsp3) is 0.211. The van der Waals surface area contributed by atoms with Gasteiger partial charge in [0.2, 0.25) is 5.91 Å². The predicted molar refractivity (Wildman–Crippen MR) is 97.3 cm³/mol. The van der Waals surface area contributed by atoms with Crippen molar-refractivity contribution in [1.29, 1.82) is 0 Å². The zero-order valence-electron chi connectivity index (χ0n) is 14.2. The number of hydrogen-bond donors (Lipinski definition) is 2. The summed E-state index contributed by atoms with van der Waals surface area (Å²) in [6.07, 6.45) is 0. The van der Waals surface area contributed by atoms with E-state index in [9.17, 15) is 14.4 Å². The van der Waals surface area contributed by atoms with Gasteiger partial charge in [0.05, 0.1) is 0 Å². The maximum Gasteiger partial charge on any atom is 0.325 e. The predicted octanol–water partition coefficient (Wildman–Crippen LogP) is 2.42. The minimum atomic E-state index is -1.18. The number of carbonyl (C=O) groups excluding carboxylic acids is 3. The Bertz CT molecular complexity index is 856. The third-order valence-electron chi connectivity index (χ3n) is 4.31. The Kier molecular flexibility index (Phi) is 4.95. The molecular weight excluding hydrogens is 354 g/mol. The molecule has 0 aromatic heterocycles. The fourth-order valence-corrected chi connectivity index (χ4v) is 3.07. The van der Waals surface area contributed by atoms with Crippen molar-refractivity contribution in [3.63, 3.8) is 0 Å². The molecular formula is C19H18ClN3O3. The first-order valence-corrected chi connectivity index (χ1v) is 8.49. The number of hydrogen-bond acceptors (Lipinski definition) is 3. The van der Waals surface area contributed by atoms with Crippen LogP contribution in [0.5, 0.6) is 0 Å². The normalized spacial score (nSPS) is 19.4. The number of imide groups is 1. The summed E-state index contributed by atoms with van der Waals surface area (Å²) in [5.41, 5.74) is 0.323. The topological polar surface area (TPSA) is 78.5 Å². The molecule has 1 heterocycles. The third kappa shape index (κ3) is 3.55. The van der Waals surface area contributed by atoms with E-state index in [1.54, 1.807) is 49.4 Å². The lowest BCUT2D eigenvalue weighted by molar-refractivity contribution is -0.134. The molecule has 1 aliphatic heterocycles. The number of halogens is 1. The quantitative estimate of drug-likeness (QED) is 0.792.